The summed E-state index contributed by atoms with van der Waals surface area (Å²) in [7, 11) is -3.14. The third kappa shape index (κ3) is 4.99. The lowest BCUT2D eigenvalue weighted by Crippen LogP contribution is -2.52. The maximum Gasteiger partial charge on any atom is 0.260 e. The van der Waals surface area contributed by atoms with Gasteiger partial charge in [-0.25, -0.2) is 12.7 Å². The topological polar surface area (TPSA) is 106 Å². The van der Waals surface area contributed by atoms with E-state index in [1.165, 1.54) is 10.6 Å². The minimum absolute atomic E-state index is 0.0287. The summed E-state index contributed by atoms with van der Waals surface area (Å²) in [5, 5.41) is 4.10. The van der Waals surface area contributed by atoms with Crippen molar-refractivity contribution in [2.24, 2.45) is 5.92 Å². The molecule has 162 valence electrons. The summed E-state index contributed by atoms with van der Waals surface area (Å²) >= 11 is 0. The quantitative estimate of drug-likeness (QED) is 0.646. The monoisotopic (exact) mass is 434 g/mol. The first-order valence-electron chi connectivity index (χ1n) is 10.1. The van der Waals surface area contributed by atoms with E-state index < -0.39 is 10.0 Å². The zero-order valence-electron chi connectivity index (χ0n) is 16.9. The molecular formula is C20H26N4O5S. The SMILES string of the molecule is CS(=O)(=O)N1CCC(c2noc(CC3CN(C(=O)COc4ccccc4)C3)n2)CC1. The van der Waals surface area contributed by atoms with Crippen molar-refractivity contribution in [2.45, 2.75) is 25.2 Å². The Balaban J connectivity index is 1.20. The lowest BCUT2D eigenvalue weighted by Gasteiger charge is -2.38. The molecule has 4 rings (SSSR count). The highest BCUT2D eigenvalue weighted by molar-refractivity contribution is 7.88. The highest BCUT2D eigenvalue weighted by Crippen LogP contribution is 2.28. The number of rotatable bonds is 7. The number of carbonyl (C=O) groups excluding carboxylic acids is 1. The van der Waals surface area contributed by atoms with Gasteiger partial charge in [0.15, 0.2) is 12.4 Å². The number of amides is 1. The highest BCUT2D eigenvalue weighted by atomic mass is 32.2. The molecule has 1 amide bonds. The molecule has 0 aliphatic carbocycles. The van der Waals surface area contributed by atoms with Gasteiger partial charge in [-0.15, -0.1) is 0 Å². The van der Waals surface area contributed by atoms with Crippen LogP contribution in [0.4, 0.5) is 0 Å². The molecule has 2 aliphatic rings. The zero-order valence-corrected chi connectivity index (χ0v) is 17.8. The van der Waals surface area contributed by atoms with Crippen LogP contribution in [-0.2, 0) is 21.2 Å². The van der Waals surface area contributed by atoms with Gasteiger partial charge in [0.25, 0.3) is 5.91 Å². The van der Waals surface area contributed by atoms with Gasteiger partial charge in [0.1, 0.15) is 5.75 Å². The number of sulfonamides is 1. The molecule has 0 spiro atoms. The number of hydrogen-bond donors (Lipinski definition) is 0. The summed E-state index contributed by atoms with van der Waals surface area (Å²) < 4.78 is 35.6. The maximum absolute atomic E-state index is 12.2. The van der Waals surface area contributed by atoms with E-state index in [-0.39, 0.29) is 18.4 Å². The van der Waals surface area contributed by atoms with Crippen LogP contribution < -0.4 is 4.74 Å². The molecule has 2 fully saturated rings. The van der Waals surface area contributed by atoms with E-state index in [1.807, 2.05) is 30.3 Å². The van der Waals surface area contributed by atoms with Gasteiger partial charge in [-0.2, -0.15) is 4.98 Å². The first kappa shape index (κ1) is 20.8. The molecule has 10 heteroatoms. The van der Waals surface area contributed by atoms with Gasteiger partial charge < -0.3 is 14.2 Å². The summed E-state index contributed by atoms with van der Waals surface area (Å²) in [6.45, 7) is 2.31. The number of ether oxygens (including phenoxy) is 1. The lowest BCUT2D eigenvalue weighted by molar-refractivity contribution is -0.139. The van der Waals surface area contributed by atoms with Gasteiger partial charge >= 0.3 is 0 Å². The third-order valence-corrected chi connectivity index (χ3v) is 6.95. The minimum atomic E-state index is -3.14. The van der Waals surface area contributed by atoms with Crippen LogP contribution in [0.1, 0.15) is 30.5 Å². The average Bonchev–Trinajstić information content (AvgIpc) is 3.17. The molecule has 9 nitrogen and oxygen atoms in total. The molecular weight excluding hydrogens is 408 g/mol. The predicted octanol–water partition coefficient (Wildman–Crippen LogP) is 1.29. The molecule has 0 atom stereocenters. The first-order chi connectivity index (χ1) is 14.4. The van der Waals surface area contributed by atoms with Gasteiger partial charge in [-0.1, -0.05) is 23.4 Å². The molecule has 30 heavy (non-hydrogen) atoms. The summed E-state index contributed by atoms with van der Waals surface area (Å²) in [4.78, 5) is 18.5. The van der Waals surface area contributed by atoms with E-state index in [0.29, 0.717) is 68.8 Å². The molecule has 0 saturated carbocycles. The van der Waals surface area contributed by atoms with Crippen molar-refractivity contribution in [1.29, 1.82) is 0 Å². The van der Waals surface area contributed by atoms with Crippen LogP contribution in [0.3, 0.4) is 0 Å². The Morgan fingerprint density at radius 1 is 1.20 bits per heavy atom. The number of aromatic nitrogens is 2. The van der Waals surface area contributed by atoms with E-state index in [4.69, 9.17) is 9.26 Å². The summed E-state index contributed by atoms with van der Waals surface area (Å²) in [5.74, 6) is 2.30. The van der Waals surface area contributed by atoms with Gasteiger partial charge in [-0.05, 0) is 25.0 Å². The fourth-order valence-electron chi connectivity index (χ4n) is 3.87. The van der Waals surface area contributed by atoms with Crippen LogP contribution in [0, 0.1) is 5.92 Å². The van der Waals surface area contributed by atoms with Gasteiger partial charge in [0.05, 0.1) is 6.26 Å². The smallest absolute Gasteiger partial charge is 0.260 e. The maximum atomic E-state index is 12.2. The predicted molar refractivity (Wildman–Crippen MR) is 108 cm³/mol. The Morgan fingerprint density at radius 3 is 2.57 bits per heavy atom. The van der Waals surface area contributed by atoms with Crippen molar-refractivity contribution < 1.29 is 22.5 Å². The van der Waals surface area contributed by atoms with Gasteiger partial charge in [-0.3, -0.25) is 4.79 Å². The molecule has 1 aromatic carbocycles. The van der Waals surface area contributed by atoms with E-state index in [0.717, 1.165) is 0 Å². The molecule has 0 radical (unpaired) electrons. The van der Waals surface area contributed by atoms with Crippen LogP contribution in [0.15, 0.2) is 34.9 Å². The van der Waals surface area contributed by atoms with Gasteiger partial charge in [0.2, 0.25) is 15.9 Å². The van der Waals surface area contributed by atoms with Crippen molar-refractivity contribution >= 4 is 15.9 Å². The average molecular weight is 435 g/mol. The van der Waals surface area contributed by atoms with E-state index in [1.54, 1.807) is 4.90 Å². The summed E-state index contributed by atoms with van der Waals surface area (Å²) in [6.07, 6.45) is 3.26. The van der Waals surface area contributed by atoms with Crippen LogP contribution in [0.5, 0.6) is 5.75 Å². The Bertz CT molecular complexity index is 964. The van der Waals surface area contributed by atoms with E-state index in [9.17, 15) is 13.2 Å². The normalized spacial score (nSPS) is 18.9. The van der Waals surface area contributed by atoms with Crippen molar-refractivity contribution in [2.75, 3.05) is 39.0 Å². The number of likely N-dealkylation sites (tertiary alicyclic amines) is 1. The fraction of sp³-hybridized carbons (Fsp3) is 0.550. The number of benzene rings is 1. The molecule has 0 unspecified atom stereocenters. The minimum Gasteiger partial charge on any atom is -0.484 e. The second kappa shape index (κ2) is 8.73. The number of para-hydroxylation sites is 1. The molecule has 1 aromatic heterocycles. The van der Waals surface area contributed by atoms with Crippen LogP contribution >= 0.6 is 0 Å². The molecule has 2 aliphatic heterocycles. The first-order valence-corrected chi connectivity index (χ1v) is 12.0. The number of carbonyl (C=O) groups is 1. The Labute approximate surface area is 176 Å². The Kier molecular flexibility index (Phi) is 6.05. The lowest BCUT2D eigenvalue weighted by atomic mass is 9.96. The van der Waals surface area contributed by atoms with Crippen molar-refractivity contribution in [3.8, 4) is 5.75 Å². The van der Waals surface area contributed by atoms with E-state index >= 15 is 0 Å². The Morgan fingerprint density at radius 2 is 1.90 bits per heavy atom. The number of piperidine rings is 1. The summed E-state index contributed by atoms with van der Waals surface area (Å²) in [6, 6.07) is 9.28. The summed E-state index contributed by atoms with van der Waals surface area (Å²) in [5.41, 5.74) is 0. The second-order valence-electron chi connectivity index (χ2n) is 7.95. The molecule has 2 saturated heterocycles. The largest absolute Gasteiger partial charge is 0.484 e. The highest BCUT2D eigenvalue weighted by Gasteiger charge is 2.33. The standard InChI is InChI=1S/C20H26N4O5S/c1-30(26,27)24-9-7-16(8-10-24)20-21-18(29-22-20)11-15-12-23(13-15)19(25)14-28-17-5-3-2-4-6-17/h2-6,15-16H,7-14H2,1H3. The second-order valence-corrected chi connectivity index (χ2v) is 9.94. The van der Waals surface area contributed by atoms with E-state index in [2.05, 4.69) is 10.1 Å². The van der Waals surface area contributed by atoms with Crippen molar-refractivity contribution in [3.05, 3.63) is 42.0 Å². The molecule has 0 bridgehead atoms. The number of nitrogens with zero attached hydrogens (tertiary/aromatic N) is 4. The van der Waals surface area contributed by atoms with Crippen LogP contribution in [0.25, 0.3) is 0 Å². The molecule has 3 heterocycles. The fourth-order valence-corrected chi connectivity index (χ4v) is 4.74. The van der Waals surface area contributed by atoms with Crippen molar-refractivity contribution in [1.82, 2.24) is 19.3 Å². The van der Waals surface area contributed by atoms with Crippen LogP contribution in [0.2, 0.25) is 0 Å². The molecule has 0 N–H and O–H groups in total. The van der Waals surface area contributed by atoms with Crippen molar-refractivity contribution in [3.63, 3.8) is 0 Å². The zero-order chi connectivity index (χ0) is 21.1. The third-order valence-electron chi connectivity index (χ3n) is 5.65. The van der Waals surface area contributed by atoms with Gasteiger partial charge in [0, 0.05) is 44.4 Å². The number of hydrogen-bond acceptors (Lipinski definition) is 7. The Hall–Kier alpha value is -2.46. The van der Waals surface area contributed by atoms with Crippen LogP contribution in [-0.4, -0.2) is 72.7 Å². The molecule has 2 aromatic rings.